The van der Waals surface area contributed by atoms with E-state index in [9.17, 15) is 0 Å². The second-order valence-electron chi connectivity index (χ2n) is 4.42. The summed E-state index contributed by atoms with van der Waals surface area (Å²) in [4.78, 5) is 4.39. The van der Waals surface area contributed by atoms with Gasteiger partial charge in [0.05, 0.1) is 5.52 Å². The van der Waals surface area contributed by atoms with Crippen molar-refractivity contribution in [2.45, 2.75) is 19.4 Å². The highest BCUT2D eigenvalue weighted by Crippen LogP contribution is 2.26. The second-order valence-corrected chi connectivity index (χ2v) is 4.42. The van der Waals surface area contributed by atoms with E-state index >= 15 is 0 Å². The van der Waals surface area contributed by atoms with Crippen molar-refractivity contribution in [1.82, 2.24) is 10.3 Å². The lowest BCUT2D eigenvalue weighted by molar-refractivity contribution is 0.594. The Morgan fingerprint density at radius 3 is 2.88 bits per heavy atom. The van der Waals surface area contributed by atoms with Gasteiger partial charge in [0.2, 0.25) is 0 Å². The number of aromatic nitrogens is 1. The maximum absolute atomic E-state index is 4.39. The summed E-state index contributed by atoms with van der Waals surface area (Å²) in [5.41, 5.74) is 3.53. The predicted molar refractivity (Wildman–Crippen MR) is 73.0 cm³/mol. The largest absolute Gasteiger partial charge is 0.313 e. The molecule has 0 radical (unpaired) electrons. The predicted octanol–water partition coefficient (Wildman–Crippen LogP) is 3.46. The van der Waals surface area contributed by atoms with Gasteiger partial charge in [-0.2, -0.15) is 0 Å². The van der Waals surface area contributed by atoms with Crippen molar-refractivity contribution in [2.75, 3.05) is 7.05 Å². The van der Waals surface area contributed by atoms with Gasteiger partial charge in [0.25, 0.3) is 0 Å². The maximum Gasteiger partial charge on any atom is 0.0705 e. The van der Waals surface area contributed by atoms with E-state index in [1.807, 2.05) is 25.4 Å². The third-order valence-electron chi connectivity index (χ3n) is 2.96. The van der Waals surface area contributed by atoms with E-state index < -0.39 is 0 Å². The first-order chi connectivity index (χ1) is 8.22. The average Bonchev–Trinajstić information content (AvgIpc) is 2.35. The fourth-order valence-corrected chi connectivity index (χ4v) is 2.15. The van der Waals surface area contributed by atoms with Gasteiger partial charge in [-0.25, -0.2) is 0 Å². The molecule has 1 atom stereocenters. The molecule has 2 rings (SSSR count). The topological polar surface area (TPSA) is 24.9 Å². The van der Waals surface area contributed by atoms with Crippen LogP contribution in [0.5, 0.6) is 0 Å². The van der Waals surface area contributed by atoms with Gasteiger partial charge >= 0.3 is 0 Å². The zero-order chi connectivity index (χ0) is 12.3. The van der Waals surface area contributed by atoms with Crippen molar-refractivity contribution >= 4 is 10.9 Å². The summed E-state index contributed by atoms with van der Waals surface area (Å²) >= 11 is 0. The van der Waals surface area contributed by atoms with Crippen molar-refractivity contribution in [3.8, 4) is 0 Å². The number of rotatable bonds is 4. The van der Waals surface area contributed by atoms with Gasteiger partial charge in [-0.05, 0) is 38.1 Å². The van der Waals surface area contributed by atoms with Gasteiger partial charge in [0.15, 0.2) is 0 Å². The first-order valence-corrected chi connectivity index (χ1v) is 5.87. The first kappa shape index (κ1) is 11.8. The Labute approximate surface area is 102 Å². The molecule has 0 aliphatic rings. The number of nitrogens with zero attached hydrogens (tertiary/aromatic N) is 1. The molecule has 0 saturated carbocycles. The summed E-state index contributed by atoms with van der Waals surface area (Å²) in [5, 5.41) is 4.57. The Balaban J connectivity index is 2.49. The van der Waals surface area contributed by atoms with Crippen molar-refractivity contribution in [2.24, 2.45) is 0 Å². The van der Waals surface area contributed by atoms with E-state index in [1.165, 1.54) is 16.5 Å². The normalized spacial score (nSPS) is 12.6. The van der Waals surface area contributed by atoms with E-state index in [4.69, 9.17) is 0 Å². The van der Waals surface area contributed by atoms with Crippen LogP contribution in [-0.4, -0.2) is 12.0 Å². The second kappa shape index (κ2) is 5.11. The Bertz CT molecular complexity index is 526. The lowest BCUT2D eigenvalue weighted by atomic mass is 9.96. The van der Waals surface area contributed by atoms with E-state index in [1.54, 1.807) is 0 Å². The van der Waals surface area contributed by atoms with Crippen LogP contribution in [0.1, 0.15) is 24.9 Å². The van der Waals surface area contributed by atoms with Crippen molar-refractivity contribution in [3.63, 3.8) is 0 Å². The number of fused-ring (bicyclic) bond motifs is 1. The monoisotopic (exact) mass is 226 g/mol. The Morgan fingerprint density at radius 1 is 1.35 bits per heavy atom. The summed E-state index contributed by atoms with van der Waals surface area (Å²) in [6, 6.07) is 10.7. The summed E-state index contributed by atoms with van der Waals surface area (Å²) in [5.74, 6) is 0. The van der Waals surface area contributed by atoms with E-state index in [0.717, 1.165) is 11.9 Å². The fraction of sp³-hybridized carbons (Fsp3) is 0.267. The molecule has 17 heavy (non-hydrogen) atoms. The highest BCUT2D eigenvalue weighted by molar-refractivity contribution is 5.82. The van der Waals surface area contributed by atoms with Crippen molar-refractivity contribution in [3.05, 3.63) is 54.2 Å². The molecule has 0 spiro atoms. The molecule has 0 fully saturated rings. The van der Waals surface area contributed by atoms with Crippen LogP contribution in [0.25, 0.3) is 10.9 Å². The molecule has 2 aromatic rings. The molecular formula is C15H18N2. The third-order valence-corrected chi connectivity index (χ3v) is 2.96. The van der Waals surface area contributed by atoms with Crippen LogP contribution >= 0.6 is 0 Å². The van der Waals surface area contributed by atoms with Crippen LogP contribution in [0.15, 0.2) is 48.7 Å². The van der Waals surface area contributed by atoms with Crippen LogP contribution in [0.2, 0.25) is 0 Å². The number of hydrogen-bond donors (Lipinski definition) is 1. The van der Waals surface area contributed by atoms with Gasteiger partial charge in [-0.15, -0.1) is 6.58 Å². The van der Waals surface area contributed by atoms with E-state index in [2.05, 4.69) is 42.0 Å². The molecular weight excluding hydrogens is 208 g/mol. The zero-order valence-electron chi connectivity index (χ0n) is 10.4. The molecule has 1 aromatic carbocycles. The SMILES string of the molecule is C=C(C)CC(NC)c1cccc2ncccc12. The summed E-state index contributed by atoms with van der Waals surface area (Å²) in [7, 11) is 1.99. The standard InChI is InChI=1S/C15H18N2/c1-11(2)10-15(16-3)13-6-4-8-14-12(13)7-5-9-17-14/h4-9,15-16H,1,10H2,2-3H3. The highest BCUT2D eigenvalue weighted by Gasteiger charge is 2.12. The maximum atomic E-state index is 4.39. The minimum Gasteiger partial charge on any atom is -0.313 e. The average molecular weight is 226 g/mol. The minimum atomic E-state index is 0.306. The zero-order valence-corrected chi connectivity index (χ0v) is 10.4. The fourth-order valence-electron chi connectivity index (χ4n) is 2.15. The molecule has 88 valence electrons. The lowest BCUT2D eigenvalue weighted by Crippen LogP contribution is -2.16. The van der Waals surface area contributed by atoms with Crippen LogP contribution in [0, 0.1) is 0 Å². The molecule has 1 aromatic heterocycles. The van der Waals surface area contributed by atoms with Crippen molar-refractivity contribution in [1.29, 1.82) is 0 Å². The molecule has 0 amide bonds. The molecule has 0 saturated heterocycles. The lowest BCUT2D eigenvalue weighted by Gasteiger charge is -2.18. The van der Waals surface area contributed by atoms with E-state index in [0.29, 0.717) is 6.04 Å². The quantitative estimate of drug-likeness (QED) is 0.807. The van der Waals surface area contributed by atoms with Crippen LogP contribution in [-0.2, 0) is 0 Å². The number of hydrogen-bond acceptors (Lipinski definition) is 2. The van der Waals surface area contributed by atoms with Crippen LogP contribution < -0.4 is 5.32 Å². The molecule has 0 aliphatic carbocycles. The van der Waals surface area contributed by atoms with Crippen LogP contribution in [0.3, 0.4) is 0 Å². The third kappa shape index (κ3) is 2.53. The number of benzene rings is 1. The van der Waals surface area contributed by atoms with Crippen molar-refractivity contribution < 1.29 is 0 Å². The Morgan fingerprint density at radius 2 is 2.18 bits per heavy atom. The molecule has 0 aliphatic heterocycles. The summed E-state index contributed by atoms with van der Waals surface area (Å²) in [6.45, 7) is 6.06. The highest BCUT2D eigenvalue weighted by atomic mass is 14.9. The smallest absolute Gasteiger partial charge is 0.0705 e. The minimum absolute atomic E-state index is 0.306. The van der Waals surface area contributed by atoms with Gasteiger partial charge < -0.3 is 5.32 Å². The van der Waals surface area contributed by atoms with Gasteiger partial charge in [0, 0.05) is 17.6 Å². The molecule has 1 heterocycles. The number of nitrogens with one attached hydrogen (secondary N) is 1. The van der Waals surface area contributed by atoms with E-state index in [-0.39, 0.29) is 0 Å². The van der Waals surface area contributed by atoms with Gasteiger partial charge in [-0.1, -0.05) is 23.8 Å². The van der Waals surface area contributed by atoms with Gasteiger partial charge in [-0.3, -0.25) is 4.98 Å². The molecule has 1 N–H and O–H groups in total. The summed E-state index contributed by atoms with van der Waals surface area (Å²) in [6.07, 6.45) is 2.78. The molecule has 1 unspecified atom stereocenters. The van der Waals surface area contributed by atoms with Gasteiger partial charge in [0.1, 0.15) is 0 Å². The Hall–Kier alpha value is -1.67. The first-order valence-electron chi connectivity index (χ1n) is 5.87. The molecule has 2 heteroatoms. The molecule has 2 nitrogen and oxygen atoms in total. The van der Waals surface area contributed by atoms with Crippen LogP contribution in [0.4, 0.5) is 0 Å². The number of pyridine rings is 1. The molecule has 0 bridgehead atoms. The summed E-state index contributed by atoms with van der Waals surface area (Å²) < 4.78 is 0. The Kier molecular flexibility index (Phi) is 3.55.